The Kier molecular flexibility index (Phi) is 4.98. The number of hydrogen-bond acceptors (Lipinski definition) is 2. The summed E-state index contributed by atoms with van der Waals surface area (Å²) in [6.45, 7) is 9.86. The molecule has 0 bridgehead atoms. The van der Waals surface area contributed by atoms with Gasteiger partial charge in [-0.25, -0.2) is 0 Å². The van der Waals surface area contributed by atoms with E-state index >= 15 is 0 Å². The van der Waals surface area contributed by atoms with Gasteiger partial charge < -0.3 is 10.1 Å². The van der Waals surface area contributed by atoms with Crippen molar-refractivity contribution in [3.63, 3.8) is 0 Å². The second-order valence-electron chi connectivity index (χ2n) is 6.48. The van der Waals surface area contributed by atoms with Gasteiger partial charge in [0.05, 0.1) is 0 Å². The lowest BCUT2D eigenvalue weighted by molar-refractivity contribution is 0.0351. The summed E-state index contributed by atoms with van der Waals surface area (Å²) >= 11 is 6.13. The number of benzene rings is 1. The molecule has 1 aliphatic rings. The molecule has 0 saturated carbocycles. The molecule has 0 spiro atoms. The Balaban J connectivity index is 2.24. The third kappa shape index (κ3) is 3.67. The van der Waals surface area contributed by atoms with E-state index in [4.69, 9.17) is 16.3 Å². The normalized spacial score (nSPS) is 25.4. The standard InChI is InChI=1S/C17H26ClNO/c1-5-19-15-11-17(4,9-8-12(2)3)20-16-7-6-13(18)10-14(15)16/h6-7,10,12,15,19H,5,8-9,11H2,1-4H3. The van der Waals surface area contributed by atoms with E-state index in [-0.39, 0.29) is 5.60 Å². The Labute approximate surface area is 127 Å². The van der Waals surface area contributed by atoms with Crippen LogP contribution in [0.5, 0.6) is 5.75 Å². The maximum atomic E-state index is 6.30. The SMILES string of the molecule is CCNC1CC(C)(CCC(C)C)Oc2ccc(Cl)cc21. The van der Waals surface area contributed by atoms with Crippen LogP contribution in [-0.2, 0) is 0 Å². The van der Waals surface area contributed by atoms with Gasteiger partial charge in [0.15, 0.2) is 0 Å². The fourth-order valence-electron chi connectivity index (χ4n) is 2.91. The zero-order valence-electron chi connectivity index (χ0n) is 13.0. The molecule has 0 saturated heterocycles. The summed E-state index contributed by atoms with van der Waals surface area (Å²) < 4.78 is 6.30. The topological polar surface area (TPSA) is 21.3 Å². The molecule has 2 atom stereocenters. The molecule has 1 heterocycles. The number of rotatable bonds is 5. The predicted octanol–water partition coefficient (Wildman–Crippen LogP) is 4.97. The van der Waals surface area contributed by atoms with Crippen molar-refractivity contribution in [2.24, 2.45) is 5.92 Å². The monoisotopic (exact) mass is 295 g/mol. The van der Waals surface area contributed by atoms with Gasteiger partial charge in [-0.1, -0.05) is 32.4 Å². The molecule has 20 heavy (non-hydrogen) atoms. The molecule has 1 aromatic rings. The molecule has 1 aromatic carbocycles. The number of halogens is 1. The summed E-state index contributed by atoms with van der Waals surface area (Å²) in [7, 11) is 0. The zero-order valence-corrected chi connectivity index (χ0v) is 13.8. The van der Waals surface area contributed by atoms with Crippen molar-refractivity contribution in [2.45, 2.75) is 58.6 Å². The van der Waals surface area contributed by atoms with Gasteiger partial charge in [-0.15, -0.1) is 0 Å². The average molecular weight is 296 g/mol. The molecule has 3 heteroatoms. The third-order valence-corrected chi connectivity index (χ3v) is 4.28. The number of fused-ring (bicyclic) bond motifs is 1. The van der Waals surface area contributed by atoms with Crippen molar-refractivity contribution in [2.75, 3.05) is 6.54 Å². The first-order valence-electron chi connectivity index (χ1n) is 7.65. The molecule has 0 aliphatic carbocycles. The van der Waals surface area contributed by atoms with E-state index in [1.807, 2.05) is 18.2 Å². The zero-order chi connectivity index (χ0) is 14.8. The number of ether oxygens (including phenoxy) is 1. The molecule has 2 rings (SSSR count). The maximum absolute atomic E-state index is 6.30. The minimum atomic E-state index is -0.0854. The molecule has 0 radical (unpaired) electrons. The lowest BCUT2D eigenvalue weighted by atomic mass is 9.84. The first kappa shape index (κ1) is 15.7. The molecule has 112 valence electrons. The van der Waals surface area contributed by atoms with E-state index in [2.05, 4.69) is 33.0 Å². The second-order valence-corrected chi connectivity index (χ2v) is 6.92. The Morgan fingerprint density at radius 2 is 2.20 bits per heavy atom. The van der Waals surface area contributed by atoms with E-state index in [1.54, 1.807) is 0 Å². The van der Waals surface area contributed by atoms with Crippen LogP contribution >= 0.6 is 11.6 Å². The molecule has 0 fully saturated rings. The Morgan fingerprint density at radius 1 is 1.45 bits per heavy atom. The third-order valence-electron chi connectivity index (χ3n) is 4.04. The summed E-state index contributed by atoms with van der Waals surface area (Å²) in [5.41, 5.74) is 1.11. The maximum Gasteiger partial charge on any atom is 0.125 e. The average Bonchev–Trinajstić information content (AvgIpc) is 2.38. The van der Waals surface area contributed by atoms with Crippen LogP contribution in [0.1, 0.15) is 58.6 Å². The molecule has 0 aromatic heterocycles. The van der Waals surface area contributed by atoms with Crippen molar-refractivity contribution in [1.82, 2.24) is 5.32 Å². The van der Waals surface area contributed by atoms with Gasteiger partial charge >= 0.3 is 0 Å². The van der Waals surface area contributed by atoms with Crippen molar-refractivity contribution in [1.29, 1.82) is 0 Å². The quantitative estimate of drug-likeness (QED) is 0.828. The lowest BCUT2D eigenvalue weighted by Crippen LogP contribution is -2.42. The minimum Gasteiger partial charge on any atom is -0.487 e. The van der Waals surface area contributed by atoms with Crippen LogP contribution in [0, 0.1) is 5.92 Å². The summed E-state index contributed by atoms with van der Waals surface area (Å²) in [4.78, 5) is 0. The van der Waals surface area contributed by atoms with E-state index in [1.165, 1.54) is 12.0 Å². The van der Waals surface area contributed by atoms with E-state index in [9.17, 15) is 0 Å². The van der Waals surface area contributed by atoms with E-state index in [0.717, 1.165) is 30.2 Å². The summed E-state index contributed by atoms with van der Waals surface area (Å²) in [6, 6.07) is 6.29. The number of hydrogen-bond donors (Lipinski definition) is 1. The van der Waals surface area contributed by atoms with Crippen LogP contribution < -0.4 is 10.1 Å². The van der Waals surface area contributed by atoms with Crippen LogP contribution in [0.4, 0.5) is 0 Å². The van der Waals surface area contributed by atoms with Gasteiger partial charge in [-0.2, -0.15) is 0 Å². The van der Waals surface area contributed by atoms with Crippen LogP contribution in [0.2, 0.25) is 5.02 Å². The first-order valence-corrected chi connectivity index (χ1v) is 8.03. The van der Waals surface area contributed by atoms with Gasteiger partial charge in [-0.05, 0) is 50.4 Å². The Morgan fingerprint density at radius 3 is 2.85 bits per heavy atom. The van der Waals surface area contributed by atoms with Crippen molar-refractivity contribution < 1.29 is 4.74 Å². The van der Waals surface area contributed by atoms with Gasteiger partial charge in [0.1, 0.15) is 11.4 Å². The highest BCUT2D eigenvalue weighted by Gasteiger charge is 2.36. The van der Waals surface area contributed by atoms with Crippen LogP contribution in [-0.4, -0.2) is 12.1 Å². The highest BCUT2D eigenvalue weighted by atomic mass is 35.5. The summed E-state index contributed by atoms with van der Waals surface area (Å²) in [5.74, 6) is 1.69. The summed E-state index contributed by atoms with van der Waals surface area (Å²) in [6.07, 6.45) is 3.29. The lowest BCUT2D eigenvalue weighted by Gasteiger charge is -2.41. The summed E-state index contributed by atoms with van der Waals surface area (Å²) in [5, 5.41) is 4.35. The fraction of sp³-hybridized carbons (Fsp3) is 0.647. The van der Waals surface area contributed by atoms with Gasteiger partial charge in [0, 0.05) is 23.0 Å². The Bertz CT molecular complexity index is 460. The van der Waals surface area contributed by atoms with Crippen molar-refractivity contribution in [3.8, 4) is 5.75 Å². The largest absolute Gasteiger partial charge is 0.487 e. The predicted molar refractivity (Wildman–Crippen MR) is 85.6 cm³/mol. The highest BCUT2D eigenvalue weighted by Crippen LogP contribution is 2.42. The van der Waals surface area contributed by atoms with Crippen LogP contribution in [0.15, 0.2) is 18.2 Å². The molecular weight excluding hydrogens is 270 g/mol. The second kappa shape index (κ2) is 6.36. The minimum absolute atomic E-state index is 0.0854. The van der Waals surface area contributed by atoms with Crippen molar-refractivity contribution in [3.05, 3.63) is 28.8 Å². The van der Waals surface area contributed by atoms with Gasteiger partial charge in [0.2, 0.25) is 0 Å². The Hall–Kier alpha value is -0.730. The van der Waals surface area contributed by atoms with Crippen molar-refractivity contribution >= 4 is 11.6 Å². The van der Waals surface area contributed by atoms with Gasteiger partial charge in [-0.3, -0.25) is 0 Å². The van der Waals surface area contributed by atoms with Crippen LogP contribution in [0.25, 0.3) is 0 Å². The molecule has 1 aliphatic heterocycles. The van der Waals surface area contributed by atoms with Gasteiger partial charge in [0.25, 0.3) is 0 Å². The van der Waals surface area contributed by atoms with E-state index in [0.29, 0.717) is 12.0 Å². The molecule has 2 unspecified atom stereocenters. The molecular formula is C17H26ClNO. The highest BCUT2D eigenvalue weighted by molar-refractivity contribution is 6.30. The van der Waals surface area contributed by atoms with Crippen LogP contribution in [0.3, 0.4) is 0 Å². The molecule has 2 nitrogen and oxygen atoms in total. The van der Waals surface area contributed by atoms with E-state index < -0.39 is 0 Å². The molecule has 1 N–H and O–H groups in total. The smallest absolute Gasteiger partial charge is 0.125 e. The number of nitrogens with one attached hydrogen (secondary N) is 1. The first-order chi connectivity index (χ1) is 9.43. The fourth-order valence-corrected chi connectivity index (χ4v) is 3.09. The molecule has 0 amide bonds.